The number of unbranched alkanes of at least 4 members (excludes halogenated alkanes) is 40. The van der Waals surface area contributed by atoms with Crippen LogP contribution in [0.5, 0.6) is 0 Å². The van der Waals surface area contributed by atoms with Crippen LogP contribution in [-0.2, 0) is 4.79 Å². The van der Waals surface area contributed by atoms with Gasteiger partial charge in [-0.15, -0.1) is 0 Å². The Balaban J connectivity index is 3.49. The molecular weight excluding hydrogens is 747 g/mol. The maximum Gasteiger partial charge on any atom is 0.220 e. The molecule has 0 saturated carbocycles. The summed E-state index contributed by atoms with van der Waals surface area (Å²) in [7, 11) is 0. The molecule has 0 saturated heterocycles. The Kier molecular flexibility index (Phi) is 51.7. The number of hydrogen-bond acceptors (Lipinski definition) is 3. The van der Waals surface area contributed by atoms with Crippen molar-refractivity contribution in [1.29, 1.82) is 0 Å². The molecule has 0 rings (SSSR count). The first-order valence-corrected chi connectivity index (χ1v) is 27.7. The van der Waals surface area contributed by atoms with Gasteiger partial charge in [0.1, 0.15) is 0 Å². The van der Waals surface area contributed by atoms with Crippen LogP contribution < -0.4 is 5.32 Å². The lowest BCUT2D eigenvalue weighted by Gasteiger charge is -2.20. The van der Waals surface area contributed by atoms with Gasteiger partial charge >= 0.3 is 0 Å². The molecule has 2 atom stereocenters. The zero-order valence-corrected chi connectivity index (χ0v) is 41.4. The molecule has 1 amide bonds. The molecule has 0 bridgehead atoms. The van der Waals surface area contributed by atoms with E-state index in [1.165, 1.54) is 250 Å². The second kappa shape index (κ2) is 53.0. The van der Waals surface area contributed by atoms with Gasteiger partial charge in [-0.05, 0) is 51.4 Å². The van der Waals surface area contributed by atoms with Crippen molar-refractivity contribution in [2.24, 2.45) is 0 Å². The van der Waals surface area contributed by atoms with Gasteiger partial charge in [0, 0.05) is 6.42 Å². The van der Waals surface area contributed by atoms with Crippen LogP contribution in [0.2, 0.25) is 0 Å². The van der Waals surface area contributed by atoms with E-state index < -0.39 is 12.1 Å². The summed E-state index contributed by atoms with van der Waals surface area (Å²) in [4.78, 5) is 12.5. The molecule has 0 aromatic heterocycles. The molecule has 0 aliphatic carbocycles. The molecule has 4 nitrogen and oxygen atoms in total. The number of hydrogen-bond donors (Lipinski definition) is 3. The normalized spacial score (nSPS) is 13.0. The van der Waals surface area contributed by atoms with Crippen LogP contribution in [0.3, 0.4) is 0 Å². The van der Waals surface area contributed by atoms with E-state index in [0.717, 1.165) is 32.1 Å². The van der Waals surface area contributed by atoms with Crippen LogP contribution in [0.15, 0.2) is 36.5 Å². The second-order valence-electron chi connectivity index (χ2n) is 19.0. The van der Waals surface area contributed by atoms with Gasteiger partial charge in [0.2, 0.25) is 5.91 Å². The lowest BCUT2D eigenvalue weighted by atomic mass is 10.0. The zero-order chi connectivity index (χ0) is 44.2. The van der Waals surface area contributed by atoms with E-state index in [0.29, 0.717) is 6.42 Å². The van der Waals surface area contributed by atoms with Gasteiger partial charge in [-0.1, -0.05) is 281 Å². The fourth-order valence-corrected chi connectivity index (χ4v) is 8.62. The van der Waals surface area contributed by atoms with Gasteiger partial charge in [-0.3, -0.25) is 4.79 Å². The summed E-state index contributed by atoms with van der Waals surface area (Å²) < 4.78 is 0. The highest BCUT2D eigenvalue weighted by Crippen LogP contribution is 2.17. The third kappa shape index (κ3) is 49.5. The lowest BCUT2D eigenvalue weighted by molar-refractivity contribution is -0.123. The molecule has 0 aliphatic heterocycles. The fourth-order valence-electron chi connectivity index (χ4n) is 8.62. The minimum atomic E-state index is -0.841. The van der Waals surface area contributed by atoms with Crippen molar-refractivity contribution < 1.29 is 15.0 Å². The molecule has 2 unspecified atom stereocenters. The highest BCUT2D eigenvalue weighted by Gasteiger charge is 2.18. The average molecular weight is 857 g/mol. The molecule has 0 aromatic carbocycles. The summed E-state index contributed by atoms with van der Waals surface area (Å²) in [6.45, 7) is 4.33. The molecular formula is C57H109NO3. The van der Waals surface area contributed by atoms with E-state index in [4.69, 9.17) is 0 Å². The van der Waals surface area contributed by atoms with Crippen LogP contribution in [0.25, 0.3) is 0 Å². The number of aliphatic hydroxyl groups is 2. The predicted octanol–water partition coefficient (Wildman–Crippen LogP) is 18.1. The van der Waals surface area contributed by atoms with Crippen LogP contribution >= 0.6 is 0 Å². The highest BCUT2D eigenvalue weighted by molar-refractivity contribution is 5.76. The van der Waals surface area contributed by atoms with Crippen LogP contribution in [0.4, 0.5) is 0 Å². The Morgan fingerprint density at radius 3 is 0.984 bits per heavy atom. The number of aliphatic hydroxyl groups excluding tert-OH is 2. The first-order chi connectivity index (χ1) is 30.2. The van der Waals surface area contributed by atoms with Gasteiger partial charge < -0.3 is 15.5 Å². The first kappa shape index (κ1) is 59.6. The van der Waals surface area contributed by atoms with Crippen molar-refractivity contribution in [3.8, 4) is 0 Å². The van der Waals surface area contributed by atoms with E-state index in [2.05, 4.69) is 43.5 Å². The largest absolute Gasteiger partial charge is 0.394 e. The van der Waals surface area contributed by atoms with Crippen molar-refractivity contribution >= 4 is 5.91 Å². The van der Waals surface area contributed by atoms with Crippen molar-refractivity contribution in [1.82, 2.24) is 5.32 Å². The SMILES string of the molecule is CCCCCCC/C=C\C/C=C\CCCCCCCCCCCCCC(=O)NC(CO)C(O)/C=C/CCCCCCCCCCCCCCCCCCCCCCCCCC. The lowest BCUT2D eigenvalue weighted by Crippen LogP contribution is -2.45. The predicted molar refractivity (Wildman–Crippen MR) is 272 cm³/mol. The smallest absolute Gasteiger partial charge is 0.220 e. The van der Waals surface area contributed by atoms with Crippen molar-refractivity contribution in [3.05, 3.63) is 36.5 Å². The molecule has 0 aromatic rings. The molecule has 61 heavy (non-hydrogen) atoms. The monoisotopic (exact) mass is 856 g/mol. The topological polar surface area (TPSA) is 69.6 Å². The fraction of sp³-hybridized carbons (Fsp3) is 0.877. The first-order valence-electron chi connectivity index (χ1n) is 27.7. The summed E-state index contributed by atoms with van der Waals surface area (Å²) in [5.74, 6) is -0.0626. The number of carbonyl (C=O) groups excluding carboxylic acids is 1. The van der Waals surface area contributed by atoms with Gasteiger partial charge in [0.05, 0.1) is 18.8 Å². The van der Waals surface area contributed by atoms with Gasteiger partial charge in [-0.2, -0.15) is 0 Å². The van der Waals surface area contributed by atoms with E-state index in [9.17, 15) is 15.0 Å². The van der Waals surface area contributed by atoms with Crippen LogP contribution in [-0.4, -0.2) is 34.9 Å². The number of allylic oxidation sites excluding steroid dienone is 5. The Labute approximate surface area is 382 Å². The number of amides is 1. The summed E-state index contributed by atoms with van der Waals surface area (Å²) in [6.07, 6.45) is 71.6. The van der Waals surface area contributed by atoms with Gasteiger partial charge in [-0.25, -0.2) is 0 Å². The molecule has 0 heterocycles. The molecule has 0 radical (unpaired) electrons. The third-order valence-corrected chi connectivity index (χ3v) is 12.9. The van der Waals surface area contributed by atoms with E-state index in [1.807, 2.05) is 6.08 Å². The average Bonchev–Trinajstić information content (AvgIpc) is 3.26. The van der Waals surface area contributed by atoms with Gasteiger partial charge in [0.15, 0.2) is 0 Å². The Morgan fingerprint density at radius 1 is 0.393 bits per heavy atom. The number of rotatable bonds is 51. The van der Waals surface area contributed by atoms with Gasteiger partial charge in [0.25, 0.3) is 0 Å². The Bertz CT molecular complexity index is 928. The second-order valence-corrected chi connectivity index (χ2v) is 19.0. The highest BCUT2D eigenvalue weighted by atomic mass is 16.3. The van der Waals surface area contributed by atoms with Crippen LogP contribution in [0.1, 0.15) is 303 Å². The minimum Gasteiger partial charge on any atom is -0.394 e. The van der Waals surface area contributed by atoms with Crippen molar-refractivity contribution in [2.75, 3.05) is 6.61 Å². The van der Waals surface area contributed by atoms with Crippen molar-refractivity contribution in [2.45, 2.75) is 315 Å². The van der Waals surface area contributed by atoms with E-state index in [-0.39, 0.29) is 12.5 Å². The third-order valence-electron chi connectivity index (χ3n) is 12.9. The molecule has 3 N–H and O–H groups in total. The Morgan fingerprint density at radius 2 is 0.672 bits per heavy atom. The number of carbonyl (C=O) groups is 1. The zero-order valence-electron chi connectivity index (χ0n) is 41.4. The molecule has 4 heteroatoms. The molecule has 0 fully saturated rings. The van der Waals surface area contributed by atoms with E-state index in [1.54, 1.807) is 6.08 Å². The number of nitrogens with one attached hydrogen (secondary N) is 1. The molecule has 360 valence electrons. The van der Waals surface area contributed by atoms with Crippen molar-refractivity contribution in [3.63, 3.8) is 0 Å². The summed E-state index contributed by atoms with van der Waals surface area (Å²) in [5, 5.41) is 23.2. The maximum absolute atomic E-state index is 12.5. The maximum atomic E-state index is 12.5. The minimum absolute atomic E-state index is 0.0626. The summed E-state index contributed by atoms with van der Waals surface area (Å²) in [5.41, 5.74) is 0. The summed E-state index contributed by atoms with van der Waals surface area (Å²) in [6, 6.07) is -0.624. The molecule has 0 aliphatic rings. The molecule has 0 spiro atoms. The summed E-state index contributed by atoms with van der Waals surface area (Å²) >= 11 is 0. The van der Waals surface area contributed by atoms with E-state index >= 15 is 0 Å². The quantitative estimate of drug-likeness (QED) is 0.0422. The standard InChI is InChI=1S/C57H109NO3/c1-3-5-7-9-11-13-15-17-19-21-23-25-27-28-29-31-32-34-36-38-40-42-44-46-48-50-52-56(60)55(54-59)58-57(61)53-51-49-47-45-43-41-39-37-35-33-30-26-24-22-20-18-16-14-12-10-8-6-4-2/h16,18,22,24,50,52,55-56,59-60H,3-15,17,19-21,23,25-49,51,53-54H2,1-2H3,(H,58,61)/b18-16-,24-22-,52-50+. The van der Waals surface area contributed by atoms with Crippen LogP contribution in [0, 0.1) is 0 Å². The Hall–Kier alpha value is -1.39.